The smallest absolute Gasteiger partial charge is 0.213 e. The van der Waals surface area contributed by atoms with Crippen molar-refractivity contribution in [3.8, 4) is 0 Å². The van der Waals surface area contributed by atoms with Crippen LogP contribution in [0, 0.1) is 39.8 Å². The third kappa shape index (κ3) is 14.7. The third-order valence-corrected chi connectivity index (χ3v) is 3.43. The van der Waals surface area contributed by atoms with Crippen LogP contribution in [0.15, 0.2) is 97.1 Å². The SMILES string of the molecule is C[c-]1cccc1.C[c-]1cccc1.Cc1cc[c-]cc1.Cc1cc[c-]cc1.[Ti+4]. The zero-order valence-corrected chi connectivity index (χ0v) is 18.3. The first-order valence-electron chi connectivity index (χ1n) is 8.80. The maximum atomic E-state index is 2.93. The molecule has 0 radical (unpaired) electrons. The molecule has 27 heavy (non-hydrogen) atoms. The Morgan fingerprint density at radius 3 is 0.926 bits per heavy atom. The van der Waals surface area contributed by atoms with E-state index in [4.69, 9.17) is 0 Å². The molecule has 0 saturated carbocycles. The van der Waals surface area contributed by atoms with Gasteiger partial charge in [-0.05, 0) is 0 Å². The average Bonchev–Trinajstić information content (AvgIpc) is 3.31. The fourth-order valence-electron chi connectivity index (χ4n) is 1.88. The minimum absolute atomic E-state index is 0. The number of aryl methyl sites for hydroxylation is 4. The predicted molar refractivity (Wildman–Crippen MR) is 114 cm³/mol. The second-order valence-corrected chi connectivity index (χ2v) is 6.08. The molecule has 0 bridgehead atoms. The summed E-state index contributed by atoms with van der Waals surface area (Å²) in [6, 6.07) is 38.1. The van der Waals surface area contributed by atoms with Gasteiger partial charge in [-0.15, -0.1) is 0 Å². The maximum absolute atomic E-state index is 2.93. The van der Waals surface area contributed by atoms with Gasteiger partial charge in [-0.25, -0.2) is 24.3 Å². The summed E-state index contributed by atoms with van der Waals surface area (Å²) in [4.78, 5) is 0. The molecule has 0 aliphatic rings. The van der Waals surface area contributed by atoms with Crippen LogP contribution in [0.2, 0.25) is 0 Å². The first-order chi connectivity index (χ1) is 12.6. The van der Waals surface area contributed by atoms with Gasteiger partial charge in [0, 0.05) is 0 Å². The Morgan fingerprint density at radius 1 is 0.556 bits per heavy atom. The minimum atomic E-state index is 0. The van der Waals surface area contributed by atoms with E-state index < -0.39 is 0 Å². The third-order valence-electron chi connectivity index (χ3n) is 3.43. The van der Waals surface area contributed by atoms with Crippen molar-refractivity contribution in [3.63, 3.8) is 0 Å². The van der Waals surface area contributed by atoms with Crippen molar-refractivity contribution in [2.75, 3.05) is 0 Å². The fourth-order valence-corrected chi connectivity index (χ4v) is 1.88. The number of rotatable bonds is 0. The Kier molecular flexibility index (Phi) is 14.8. The monoisotopic (exact) mass is 388 g/mol. The molecule has 0 amide bonds. The van der Waals surface area contributed by atoms with Crippen LogP contribution in [-0.2, 0) is 21.7 Å². The summed E-state index contributed by atoms with van der Waals surface area (Å²) in [6.07, 6.45) is 0. The molecule has 0 N–H and O–H groups in total. The van der Waals surface area contributed by atoms with Gasteiger partial charge in [0.05, 0.1) is 0 Å². The quantitative estimate of drug-likeness (QED) is 0.224. The molecule has 0 aliphatic carbocycles. The first kappa shape index (κ1) is 24.9. The van der Waals surface area contributed by atoms with Gasteiger partial charge >= 0.3 is 21.7 Å². The molecule has 0 nitrogen and oxygen atoms in total. The molecule has 0 aliphatic heterocycles. The summed E-state index contributed by atoms with van der Waals surface area (Å²) in [5, 5.41) is 0. The van der Waals surface area contributed by atoms with Crippen LogP contribution < -0.4 is 0 Å². The van der Waals surface area contributed by atoms with Gasteiger partial charge in [-0.3, -0.25) is 0 Å². The molecule has 4 rings (SSSR count). The van der Waals surface area contributed by atoms with Crippen molar-refractivity contribution < 1.29 is 21.7 Å². The molecule has 4 aromatic rings. The van der Waals surface area contributed by atoms with E-state index in [0.29, 0.717) is 0 Å². The summed E-state index contributed by atoms with van der Waals surface area (Å²) < 4.78 is 0. The normalized spacial score (nSPS) is 8.44. The second kappa shape index (κ2) is 16.1. The largest absolute Gasteiger partial charge is 4.00 e. The molecule has 0 fully saturated rings. The van der Waals surface area contributed by atoms with Crippen molar-refractivity contribution in [3.05, 3.63) is 131 Å². The van der Waals surface area contributed by atoms with Gasteiger partial charge in [-0.2, -0.15) is 107 Å². The molecule has 0 spiro atoms. The standard InChI is InChI=1S/2C7H7.2C6H7.Ti/c2*1-7-5-3-2-4-6-7;2*1-6-4-2-3-5-6;/h2*3-6H,1H3;2*2-5H,1H3;/q4*-1;+4. The number of hydrogen-bond acceptors (Lipinski definition) is 0. The maximum Gasteiger partial charge on any atom is 4.00 e. The fraction of sp³-hybridized carbons (Fsp3) is 0.154. The molecule has 1 heteroatoms. The van der Waals surface area contributed by atoms with E-state index in [9.17, 15) is 0 Å². The van der Waals surface area contributed by atoms with Crippen LogP contribution in [0.1, 0.15) is 22.3 Å². The van der Waals surface area contributed by atoms with Crippen molar-refractivity contribution in [2.45, 2.75) is 27.7 Å². The molecule has 0 unspecified atom stereocenters. The number of benzene rings is 2. The van der Waals surface area contributed by atoms with Crippen molar-refractivity contribution in [1.29, 1.82) is 0 Å². The summed E-state index contributed by atoms with van der Waals surface area (Å²) in [5.41, 5.74) is 5.27. The van der Waals surface area contributed by atoms with Crippen LogP contribution in [0.5, 0.6) is 0 Å². The molecule has 0 aromatic heterocycles. The van der Waals surface area contributed by atoms with Gasteiger partial charge in [0.25, 0.3) is 0 Å². The Bertz CT molecular complexity index is 682. The van der Waals surface area contributed by atoms with Gasteiger partial charge in [-0.1, -0.05) is 27.7 Å². The van der Waals surface area contributed by atoms with E-state index >= 15 is 0 Å². The van der Waals surface area contributed by atoms with Crippen molar-refractivity contribution in [2.24, 2.45) is 0 Å². The minimum Gasteiger partial charge on any atom is -0.213 e. The average molecular weight is 388 g/mol. The summed E-state index contributed by atoms with van der Waals surface area (Å²) >= 11 is 0. The second-order valence-electron chi connectivity index (χ2n) is 6.08. The Hall–Kier alpha value is -2.15. The Labute approximate surface area is 180 Å². The predicted octanol–water partition coefficient (Wildman–Crippen LogP) is 7.02. The summed E-state index contributed by atoms with van der Waals surface area (Å²) in [7, 11) is 0. The van der Waals surface area contributed by atoms with E-state index in [1.165, 1.54) is 22.3 Å². The number of hydrogen-bond donors (Lipinski definition) is 0. The molecule has 4 aromatic carbocycles. The van der Waals surface area contributed by atoms with Crippen LogP contribution >= 0.6 is 0 Å². The zero-order chi connectivity index (χ0) is 19.0. The molecular formula is C26H28Ti. The Balaban J connectivity index is 0.000000331. The van der Waals surface area contributed by atoms with Gasteiger partial charge in [0.1, 0.15) is 0 Å². The van der Waals surface area contributed by atoms with Gasteiger partial charge in [0.15, 0.2) is 0 Å². The van der Waals surface area contributed by atoms with Gasteiger partial charge in [0.2, 0.25) is 0 Å². The zero-order valence-electron chi connectivity index (χ0n) is 16.7. The molecule has 136 valence electrons. The molecule has 0 atom stereocenters. The van der Waals surface area contributed by atoms with E-state index in [1.807, 2.05) is 72.8 Å². The van der Waals surface area contributed by atoms with Gasteiger partial charge < -0.3 is 0 Å². The van der Waals surface area contributed by atoms with E-state index in [0.717, 1.165) is 0 Å². The summed E-state index contributed by atoms with van der Waals surface area (Å²) in [5.74, 6) is 0. The molecule has 0 heterocycles. The van der Waals surface area contributed by atoms with Crippen molar-refractivity contribution in [1.82, 2.24) is 0 Å². The summed E-state index contributed by atoms with van der Waals surface area (Å²) in [6.45, 7) is 8.29. The van der Waals surface area contributed by atoms with Crippen LogP contribution in [0.25, 0.3) is 0 Å². The van der Waals surface area contributed by atoms with E-state index in [-0.39, 0.29) is 21.7 Å². The van der Waals surface area contributed by atoms with E-state index in [2.05, 4.69) is 64.1 Å². The van der Waals surface area contributed by atoms with Crippen LogP contribution in [-0.4, -0.2) is 0 Å². The Morgan fingerprint density at radius 2 is 0.815 bits per heavy atom. The van der Waals surface area contributed by atoms with Crippen molar-refractivity contribution >= 4 is 0 Å². The van der Waals surface area contributed by atoms with Crippen LogP contribution in [0.4, 0.5) is 0 Å². The van der Waals surface area contributed by atoms with Crippen LogP contribution in [0.3, 0.4) is 0 Å². The first-order valence-corrected chi connectivity index (χ1v) is 8.80. The molecular weight excluding hydrogens is 360 g/mol. The topological polar surface area (TPSA) is 0 Å². The molecule has 0 saturated heterocycles. The van der Waals surface area contributed by atoms with E-state index in [1.54, 1.807) is 0 Å².